The SMILES string of the molecule is CC[C@@H]1C[C@]1(NC(=O)[C@@H]1C[C@@H](Oc2nc(-c3ccc(C(F)(F)F)cc3)nc3c2oc2ccccc23)CN1C(=O)[C@@H](Nc1cccc(F)c1)C1CCCCC1)C(=O)NS(=O)(=O)C1CC1. The van der Waals surface area contributed by atoms with Crippen molar-refractivity contribution < 1.29 is 49.5 Å². The smallest absolute Gasteiger partial charge is 0.416 e. The molecule has 3 aliphatic carbocycles. The second kappa shape index (κ2) is 16.4. The first kappa shape index (κ1) is 42.5. The molecule has 3 amide bonds. The number of hydrogen-bond donors (Lipinski definition) is 3. The average Bonchev–Trinajstić information content (AvgIpc) is 4.17. The number of sulfonamides is 1. The molecule has 0 unspecified atom stereocenters. The van der Waals surface area contributed by atoms with Gasteiger partial charge in [0.2, 0.25) is 27.4 Å². The van der Waals surface area contributed by atoms with Crippen molar-refractivity contribution in [1.82, 2.24) is 24.9 Å². The zero-order valence-electron chi connectivity index (χ0n) is 34.3. The molecule has 3 aromatic carbocycles. The monoisotopic (exact) mass is 890 g/mol. The van der Waals surface area contributed by atoms with Gasteiger partial charge in [0, 0.05) is 23.1 Å². The number of rotatable bonds is 13. The number of amides is 3. The topological polar surface area (TPSA) is 173 Å². The largest absolute Gasteiger partial charge is 0.470 e. The Morgan fingerprint density at radius 2 is 1.71 bits per heavy atom. The fourth-order valence-corrected chi connectivity index (χ4v) is 10.6. The number of furan rings is 1. The Balaban J connectivity index is 1.07. The van der Waals surface area contributed by atoms with Crippen molar-refractivity contribution in [3.63, 3.8) is 0 Å². The molecule has 0 radical (unpaired) electrons. The quantitative estimate of drug-likeness (QED) is 0.101. The minimum absolute atomic E-state index is 0.0445. The van der Waals surface area contributed by atoms with E-state index in [2.05, 4.69) is 25.3 Å². The summed E-state index contributed by atoms with van der Waals surface area (Å²) in [5.74, 6) is -3.00. The van der Waals surface area contributed by atoms with Crippen LogP contribution in [-0.4, -0.2) is 76.5 Å². The van der Waals surface area contributed by atoms with Crippen molar-refractivity contribution >= 4 is 55.5 Å². The highest BCUT2D eigenvalue weighted by Gasteiger charge is 2.62. The first-order valence-electron chi connectivity index (χ1n) is 21.4. The maximum Gasteiger partial charge on any atom is 0.416 e. The fraction of sp³-hybridized carbons (Fsp3) is 0.444. The molecule has 63 heavy (non-hydrogen) atoms. The van der Waals surface area contributed by atoms with Crippen molar-refractivity contribution in [1.29, 1.82) is 0 Å². The van der Waals surface area contributed by atoms with Crippen LogP contribution in [0.3, 0.4) is 0 Å². The molecule has 3 heterocycles. The van der Waals surface area contributed by atoms with Crippen molar-refractivity contribution in [2.24, 2.45) is 11.8 Å². The number of aromatic nitrogens is 2. The molecule has 1 saturated heterocycles. The van der Waals surface area contributed by atoms with Crippen LogP contribution >= 0.6 is 0 Å². The standard InChI is InChI=1S/C45H46F4N6O7S/c1-2-27-23-44(27,43(58)54-63(59,60)32-19-20-32)53-40(56)34-22-31(24-55(34)42(57)36(25-9-4-3-5-10-25)50-30-12-8-11-29(46)21-30)61-41-38-37(33-13-6-7-14-35(33)62-38)51-39(52-41)26-15-17-28(18-16-26)45(47,48)49/h6-8,11-18,21,25,27,31-32,34,36,50H,2-5,9-10,19-20,22-24H2,1H3,(H,53,56)(H,54,58)/t27-,31-,34+,36+,44-/m1/s1. The van der Waals surface area contributed by atoms with Crippen molar-refractivity contribution in [2.75, 3.05) is 11.9 Å². The molecule has 5 atom stereocenters. The third-order valence-electron chi connectivity index (χ3n) is 12.9. The molecule has 4 fully saturated rings. The third-order valence-corrected chi connectivity index (χ3v) is 14.7. The van der Waals surface area contributed by atoms with E-state index in [-0.39, 0.29) is 54.1 Å². The number of carbonyl (C=O) groups excluding carboxylic acids is 3. The molecule has 4 aliphatic rings. The van der Waals surface area contributed by atoms with E-state index >= 15 is 4.79 Å². The number of fused-ring (bicyclic) bond motifs is 3. The zero-order chi connectivity index (χ0) is 44.3. The Labute approximate surface area is 360 Å². The van der Waals surface area contributed by atoms with E-state index in [1.165, 1.54) is 35.2 Å². The molecule has 18 heteroatoms. The number of para-hydroxylation sites is 1. The van der Waals surface area contributed by atoms with E-state index in [9.17, 15) is 35.6 Å². The number of anilines is 1. The summed E-state index contributed by atoms with van der Waals surface area (Å²) in [4.78, 5) is 54.2. The number of nitrogens with zero attached hydrogens (tertiary/aromatic N) is 3. The van der Waals surface area contributed by atoms with Gasteiger partial charge in [0.25, 0.3) is 11.8 Å². The summed E-state index contributed by atoms with van der Waals surface area (Å²) in [6, 6.07) is 15.1. The van der Waals surface area contributed by atoms with Gasteiger partial charge in [-0.05, 0) is 86.4 Å². The van der Waals surface area contributed by atoms with Crippen LogP contribution in [0.15, 0.2) is 77.2 Å². The lowest BCUT2D eigenvalue weighted by Crippen LogP contribution is -2.58. The van der Waals surface area contributed by atoms with Gasteiger partial charge in [0.1, 0.15) is 40.6 Å². The van der Waals surface area contributed by atoms with Crippen molar-refractivity contribution in [3.05, 3.63) is 84.2 Å². The molecule has 2 aromatic heterocycles. The molecule has 13 nitrogen and oxygen atoms in total. The molecule has 9 rings (SSSR count). The molecule has 3 N–H and O–H groups in total. The van der Waals surface area contributed by atoms with Gasteiger partial charge in [-0.25, -0.2) is 17.8 Å². The van der Waals surface area contributed by atoms with Crippen molar-refractivity contribution in [2.45, 2.75) is 106 Å². The van der Waals surface area contributed by atoms with Crippen molar-refractivity contribution in [3.8, 4) is 17.3 Å². The number of carbonyl (C=O) groups is 3. The Morgan fingerprint density at radius 1 is 0.968 bits per heavy atom. The van der Waals surface area contributed by atoms with Gasteiger partial charge < -0.3 is 24.7 Å². The molecule has 0 bridgehead atoms. The fourth-order valence-electron chi connectivity index (χ4n) is 9.20. The number of benzene rings is 3. The molecule has 0 spiro atoms. The van der Waals surface area contributed by atoms with Crippen LogP contribution in [0.25, 0.3) is 33.5 Å². The minimum Gasteiger partial charge on any atom is -0.470 e. The summed E-state index contributed by atoms with van der Waals surface area (Å²) in [5.41, 5.74) is -0.812. The lowest BCUT2D eigenvalue weighted by atomic mass is 9.83. The summed E-state index contributed by atoms with van der Waals surface area (Å²) >= 11 is 0. The van der Waals surface area contributed by atoms with E-state index in [0.717, 1.165) is 31.4 Å². The molecule has 5 aromatic rings. The highest BCUT2D eigenvalue weighted by atomic mass is 32.2. The highest BCUT2D eigenvalue weighted by molar-refractivity contribution is 7.91. The molecular weight excluding hydrogens is 845 g/mol. The van der Waals surface area contributed by atoms with Gasteiger partial charge in [-0.15, -0.1) is 0 Å². The van der Waals surface area contributed by atoms with E-state index < -0.39 is 74.3 Å². The Morgan fingerprint density at radius 3 is 2.40 bits per heavy atom. The van der Waals surface area contributed by atoms with Crippen LogP contribution in [0.1, 0.15) is 76.7 Å². The molecule has 1 aliphatic heterocycles. The number of hydrogen-bond acceptors (Lipinski definition) is 10. The molecule has 3 saturated carbocycles. The Bertz CT molecular complexity index is 2690. The highest BCUT2D eigenvalue weighted by Crippen LogP contribution is 2.47. The number of ether oxygens (including phenoxy) is 1. The van der Waals surface area contributed by atoms with Crippen LogP contribution in [0.2, 0.25) is 0 Å². The van der Waals surface area contributed by atoms with Gasteiger partial charge in [-0.3, -0.25) is 19.1 Å². The van der Waals surface area contributed by atoms with Gasteiger partial charge in [0.15, 0.2) is 5.82 Å². The predicted molar refractivity (Wildman–Crippen MR) is 224 cm³/mol. The molecular formula is C45H46F4N6O7S. The van der Waals surface area contributed by atoms with Gasteiger partial charge in [0.05, 0.1) is 17.4 Å². The number of nitrogens with one attached hydrogen (secondary N) is 3. The van der Waals surface area contributed by atoms with Gasteiger partial charge in [-0.1, -0.05) is 62.9 Å². The maximum atomic E-state index is 15.1. The summed E-state index contributed by atoms with van der Waals surface area (Å²) in [6.45, 7) is 1.70. The van der Waals surface area contributed by atoms with Crippen LogP contribution in [-0.2, 0) is 30.6 Å². The van der Waals surface area contributed by atoms with E-state index in [1.807, 2.05) is 6.92 Å². The minimum atomic E-state index is -4.56. The lowest BCUT2D eigenvalue weighted by Gasteiger charge is -2.35. The van der Waals surface area contributed by atoms with E-state index in [1.54, 1.807) is 30.3 Å². The van der Waals surface area contributed by atoms with E-state index in [4.69, 9.17) is 9.15 Å². The second-order valence-corrected chi connectivity index (χ2v) is 19.1. The lowest BCUT2D eigenvalue weighted by molar-refractivity contribution is -0.141. The Hall–Kier alpha value is -5.78. The summed E-state index contributed by atoms with van der Waals surface area (Å²) in [5, 5.41) is 6.06. The Kier molecular flexibility index (Phi) is 11.1. The van der Waals surface area contributed by atoms with Crippen LogP contribution in [0.4, 0.5) is 23.2 Å². The first-order chi connectivity index (χ1) is 30.1. The number of likely N-dealkylation sites (tertiary alicyclic amines) is 1. The van der Waals surface area contributed by atoms with E-state index in [0.29, 0.717) is 54.3 Å². The van der Waals surface area contributed by atoms with Crippen LogP contribution in [0.5, 0.6) is 5.88 Å². The summed E-state index contributed by atoms with van der Waals surface area (Å²) in [7, 11) is -3.94. The third kappa shape index (κ3) is 8.53. The number of alkyl halides is 3. The normalized spacial score (nSPS) is 23.4. The van der Waals surface area contributed by atoms with Crippen LogP contribution in [0, 0.1) is 17.7 Å². The second-order valence-electron chi connectivity index (χ2n) is 17.2. The van der Waals surface area contributed by atoms with Gasteiger partial charge >= 0.3 is 6.18 Å². The van der Waals surface area contributed by atoms with Crippen LogP contribution < -0.4 is 20.1 Å². The predicted octanol–water partition coefficient (Wildman–Crippen LogP) is 7.50. The first-order valence-corrected chi connectivity index (χ1v) is 22.9. The summed E-state index contributed by atoms with van der Waals surface area (Å²) in [6.07, 6.45) is 0.114. The zero-order valence-corrected chi connectivity index (χ0v) is 35.1. The molecule has 332 valence electrons. The summed E-state index contributed by atoms with van der Waals surface area (Å²) < 4.78 is 95.7. The average molecular weight is 891 g/mol. The number of halogens is 4. The maximum absolute atomic E-state index is 15.1. The van der Waals surface area contributed by atoms with Gasteiger partial charge in [-0.2, -0.15) is 18.2 Å².